The second kappa shape index (κ2) is 8.95. The van der Waals surface area contributed by atoms with Crippen LogP contribution in [0, 0.1) is 10.1 Å². The van der Waals surface area contributed by atoms with Crippen LogP contribution in [0.4, 0.5) is 23.3 Å². The fourth-order valence-corrected chi connectivity index (χ4v) is 3.53. The van der Waals surface area contributed by atoms with Gasteiger partial charge in [0.25, 0.3) is 0 Å². The van der Waals surface area contributed by atoms with Crippen molar-refractivity contribution in [1.82, 2.24) is 9.97 Å². The second-order valence-corrected chi connectivity index (χ2v) is 6.91. The Morgan fingerprint density at radius 1 is 1.23 bits per heavy atom. The van der Waals surface area contributed by atoms with E-state index in [1.54, 1.807) is 0 Å². The van der Waals surface area contributed by atoms with Gasteiger partial charge in [-0.2, -0.15) is 9.97 Å². The Balaban J connectivity index is 1.66. The van der Waals surface area contributed by atoms with E-state index in [0.29, 0.717) is 12.5 Å². The van der Waals surface area contributed by atoms with Crippen molar-refractivity contribution in [2.24, 2.45) is 0 Å². The van der Waals surface area contributed by atoms with E-state index in [-0.39, 0.29) is 23.4 Å². The van der Waals surface area contributed by atoms with E-state index in [1.807, 2.05) is 0 Å². The number of hydrogen-bond acceptors (Lipinski definition) is 8. The first kappa shape index (κ1) is 18.6. The molecule has 0 bridgehead atoms. The Bertz CT molecular complexity index is 616. The number of rotatable bonds is 7. The third kappa shape index (κ3) is 4.92. The molecule has 5 N–H and O–H groups in total. The molecule has 1 saturated carbocycles. The summed E-state index contributed by atoms with van der Waals surface area (Å²) in [5.41, 5.74) is 5.61. The number of nitrogen functional groups attached to an aromatic ring is 1. The van der Waals surface area contributed by atoms with Crippen molar-refractivity contribution < 1.29 is 14.6 Å². The number of nitrogens with two attached hydrogens (primary N) is 1. The lowest BCUT2D eigenvalue weighted by Gasteiger charge is -2.24. The average Bonchev–Trinajstić information content (AvgIpc) is 2.63. The summed E-state index contributed by atoms with van der Waals surface area (Å²) in [6.07, 6.45) is 5.44. The van der Waals surface area contributed by atoms with Gasteiger partial charge in [-0.15, -0.1) is 0 Å². The molecule has 10 heteroatoms. The Morgan fingerprint density at radius 2 is 1.96 bits per heavy atom. The van der Waals surface area contributed by atoms with Gasteiger partial charge in [-0.1, -0.05) is 19.3 Å². The van der Waals surface area contributed by atoms with Crippen molar-refractivity contribution in [2.75, 3.05) is 55.8 Å². The normalized spacial score (nSPS) is 19.2. The molecule has 1 aliphatic carbocycles. The van der Waals surface area contributed by atoms with Crippen molar-refractivity contribution in [3.8, 4) is 0 Å². The Morgan fingerprint density at radius 3 is 2.65 bits per heavy atom. The van der Waals surface area contributed by atoms with Crippen molar-refractivity contribution in [2.45, 2.75) is 38.1 Å². The second-order valence-electron chi connectivity index (χ2n) is 6.91. The summed E-state index contributed by atoms with van der Waals surface area (Å²) in [5.74, 6) is 0.444. The summed E-state index contributed by atoms with van der Waals surface area (Å²) in [5, 5.41) is 17.8. The molecule has 2 aliphatic rings. The van der Waals surface area contributed by atoms with Crippen LogP contribution in [0.1, 0.15) is 32.1 Å². The van der Waals surface area contributed by atoms with Crippen LogP contribution in [0.15, 0.2) is 0 Å². The molecule has 2 fully saturated rings. The first-order chi connectivity index (χ1) is 12.6. The van der Waals surface area contributed by atoms with E-state index < -0.39 is 4.92 Å². The van der Waals surface area contributed by atoms with Crippen LogP contribution in [0.5, 0.6) is 0 Å². The Labute approximate surface area is 152 Å². The molecular formula is C16H28N7O3+. The van der Waals surface area contributed by atoms with Crippen LogP contribution in [-0.2, 0) is 4.74 Å². The standard InChI is InChI=1S/C16H27N7O3/c17-14-13(23(24)25)15(19-12-4-2-1-3-5-12)21-16(20-14)18-6-7-22-8-10-26-11-9-22/h12H,1-11H2,(H4,17,18,19,20,21)/p+1. The van der Waals surface area contributed by atoms with Gasteiger partial charge in [-0.05, 0) is 12.8 Å². The SMILES string of the molecule is Nc1nc(NCC[NH+]2CCOCC2)nc(NC2CCCCC2)c1[N+](=O)[O-]. The van der Waals surface area contributed by atoms with Crippen LogP contribution >= 0.6 is 0 Å². The minimum Gasteiger partial charge on any atom is -0.378 e. The summed E-state index contributed by atoms with van der Waals surface area (Å²) >= 11 is 0. The van der Waals surface area contributed by atoms with Crippen LogP contribution in [0.3, 0.4) is 0 Å². The number of aromatic nitrogens is 2. The molecular weight excluding hydrogens is 338 g/mol. The summed E-state index contributed by atoms with van der Waals surface area (Å²) < 4.78 is 5.35. The molecule has 1 saturated heterocycles. The smallest absolute Gasteiger partial charge is 0.353 e. The molecule has 0 unspecified atom stereocenters. The molecule has 3 rings (SSSR count). The molecule has 0 amide bonds. The molecule has 26 heavy (non-hydrogen) atoms. The highest BCUT2D eigenvalue weighted by molar-refractivity contribution is 5.70. The van der Waals surface area contributed by atoms with E-state index in [0.717, 1.165) is 58.5 Å². The van der Waals surface area contributed by atoms with E-state index in [1.165, 1.54) is 11.3 Å². The van der Waals surface area contributed by atoms with E-state index >= 15 is 0 Å². The van der Waals surface area contributed by atoms with Crippen LogP contribution < -0.4 is 21.3 Å². The summed E-state index contributed by atoms with van der Waals surface area (Å²) in [6, 6.07) is 0.197. The van der Waals surface area contributed by atoms with Gasteiger partial charge in [0.2, 0.25) is 17.6 Å². The van der Waals surface area contributed by atoms with Gasteiger partial charge in [0, 0.05) is 6.04 Å². The minimum absolute atomic E-state index is 0.107. The van der Waals surface area contributed by atoms with Crippen molar-refractivity contribution >= 4 is 23.3 Å². The number of ether oxygens (including phenoxy) is 1. The number of morpholine rings is 1. The van der Waals surface area contributed by atoms with Gasteiger partial charge < -0.3 is 26.0 Å². The number of quaternary nitrogens is 1. The van der Waals surface area contributed by atoms with Crippen LogP contribution in [0.2, 0.25) is 0 Å². The first-order valence-electron chi connectivity index (χ1n) is 9.37. The third-order valence-corrected chi connectivity index (χ3v) is 5.00. The summed E-state index contributed by atoms with van der Waals surface area (Å²) in [4.78, 5) is 20.7. The Kier molecular flexibility index (Phi) is 6.40. The van der Waals surface area contributed by atoms with E-state index in [4.69, 9.17) is 10.5 Å². The molecule has 10 nitrogen and oxygen atoms in total. The number of nitrogens with one attached hydrogen (secondary N) is 3. The number of anilines is 3. The summed E-state index contributed by atoms with van der Waals surface area (Å²) in [6.45, 7) is 5.13. The van der Waals surface area contributed by atoms with Crippen LogP contribution in [-0.4, -0.2) is 60.3 Å². The molecule has 1 aliphatic heterocycles. The van der Waals surface area contributed by atoms with Gasteiger partial charge in [0.1, 0.15) is 13.1 Å². The predicted octanol–water partition coefficient (Wildman–Crippen LogP) is 0.0386. The molecule has 2 heterocycles. The lowest BCUT2D eigenvalue weighted by atomic mass is 9.95. The fraction of sp³-hybridized carbons (Fsp3) is 0.750. The quantitative estimate of drug-likeness (QED) is 0.393. The van der Waals surface area contributed by atoms with E-state index in [2.05, 4.69) is 20.6 Å². The van der Waals surface area contributed by atoms with Gasteiger partial charge in [0.15, 0.2) is 0 Å². The molecule has 144 valence electrons. The zero-order valence-corrected chi connectivity index (χ0v) is 15.0. The molecule has 0 radical (unpaired) electrons. The number of nitrogens with zero attached hydrogens (tertiary/aromatic N) is 3. The van der Waals surface area contributed by atoms with Crippen molar-refractivity contribution in [1.29, 1.82) is 0 Å². The highest BCUT2D eigenvalue weighted by atomic mass is 16.6. The largest absolute Gasteiger partial charge is 0.378 e. The molecule has 1 aromatic rings. The lowest BCUT2D eigenvalue weighted by molar-refractivity contribution is -0.906. The highest BCUT2D eigenvalue weighted by Crippen LogP contribution is 2.31. The number of hydrogen-bond donors (Lipinski definition) is 4. The zero-order valence-electron chi connectivity index (χ0n) is 15.0. The lowest BCUT2D eigenvalue weighted by Crippen LogP contribution is -3.14. The first-order valence-corrected chi connectivity index (χ1v) is 9.37. The number of nitro groups is 1. The minimum atomic E-state index is -0.512. The van der Waals surface area contributed by atoms with E-state index in [9.17, 15) is 10.1 Å². The monoisotopic (exact) mass is 366 g/mol. The zero-order chi connectivity index (χ0) is 18.4. The van der Waals surface area contributed by atoms with Crippen molar-refractivity contribution in [3.63, 3.8) is 0 Å². The van der Waals surface area contributed by atoms with Crippen LogP contribution in [0.25, 0.3) is 0 Å². The highest BCUT2D eigenvalue weighted by Gasteiger charge is 2.26. The Hall–Kier alpha value is -2.20. The predicted molar refractivity (Wildman–Crippen MR) is 98.5 cm³/mol. The maximum Gasteiger partial charge on any atom is 0.353 e. The van der Waals surface area contributed by atoms with Gasteiger partial charge in [-0.25, -0.2) is 0 Å². The molecule has 0 spiro atoms. The third-order valence-electron chi connectivity index (χ3n) is 5.00. The van der Waals surface area contributed by atoms with Gasteiger partial charge >= 0.3 is 5.69 Å². The summed E-state index contributed by atoms with van der Waals surface area (Å²) in [7, 11) is 0. The molecule has 0 aromatic carbocycles. The molecule has 1 aromatic heterocycles. The molecule has 0 atom stereocenters. The van der Waals surface area contributed by atoms with Gasteiger partial charge in [0.05, 0.1) is 31.2 Å². The topological polar surface area (TPSA) is 133 Å². The van der Waals surface area contributed by atoms with Crippen molar-refractivity contribution in [3.05, 3.63) is 10.1 Å². The fourth-order valence-electron chi connectivity index (χ4n) is 3.53. The maximum atomic E-state index is 11.4. The van der Waals surface area contributed by atoms with Gasteiger partial charge in [-0.3, -0.25) is 10.1 Å². The average molecular weight is 366 g/mol. The maximum absolute atomic E-state index is 11.4.